The summed E-state index contributed by atoms with van der Waals surface area (Å²) in [4.78, 5) is 12.0. The van der Waals surface area contributed by atoms with Crippen molar-refractivity contribution in [3.05, 3.63) is 29.8 Å². The molecular weight excluding hydrogens is 214 g/mol. The molecule has 1 aliphatic rings. The van der Waals surface area contributed by atoms with E-state index in [1.54, 1.807) is 0 Å². The summed E-state index contributed by atoms with van der Waals surface area (Å²) in [5.41, 5.74) is 7.59. The molecule has 2 rings (SSSR count). The zero-order valence-corrected chi connectivity index (χ0v) is 9.91. The van der Waals surface area contributed by atoms with Crippen molar-refractivity contribution in [2.45, 2.75) is 18.8 Å². The number of nitrogens with one attached hydrogen (secondary N) is 2. The number of carbonyl (C=O) groups excluding carboxylic acids is 1. The molecule has 0 aromatic heterocycles. The van der Waals surface area contributed by atoms with Gasteiger partial charge in [-0.05, 0) is 31.0 Å². The predicted molar refractivity (Wildman–Crippen MR) is 69.0 cm³/mol. The molecule has 0 spiro atoms. The Hall–Kier alpha value is -1.55. The standard InChI is InChI=1S/C13H19N3O/c14-7-3-4-8-15-13(17)11-9-16-12-6-2-1-5-10(11)12/h1-2,5-6,11,16H,3-4,7-9,14H2,(H,15,17). The molecule has 0 saturated heterocycles. The fraction of sp³-hybridized carbons (Fsp3) is 0.462. The van der Waals surface area contributed by atoms with Gasteiger partial charge in [-0.15, -0.1) is 0 Å². The Labute approximate surface area is 102 Å². The van der Waals surface area contributed by atoms with Gasteiger partial charge < -0.3 is 16.4 Å². The lowest BCUT2D eigenvalue weighted by Gasteiger charge is -2.10. The monoisotopic (exact) mass is 233 g/mol. The molecule has 0 aliphatic carbocycles. The molecule has 1 aliphatic heterocycles. The molecular formula is C13H19N3O. The van der Waals surface area contributed by atoms with Gasteiger partial charge in [-0.25, -0.2) is 0 Å². The van der Waals surface area contributed by atoms with Crippen LogP contribution in [-0.2, 0) is 4.79 Å². The van der Waals surface area contributed by atoms with E-state index in [0.29, 0.717) is 19.6 Å². The summed E-state index contributed by atoms with van der Waals surface area (Å²) in [5, 5.41) is 6.22. The molecule has 0 saturated carbocycles. The Morgan fingerprint density at radius 3 is 3.06 bits per heavy atom. The van der Waals surface area contributed by atoms with Gasteiger partial charge in [0, 0.05) is 18.8 Å². The Balaban J connectivity index is 1.89. The molecule has 4 heteroatoms. The van der Waals surface area contributed by atoms with Gasteiger partial charge in [0.15, 0.2) is 0 Å². The molecule has 17 heavy (non-hydrogen) atoms. The van der Waals surface area contributed by atoms with Crippen LogP contribution in [0.25, 0.3) is 0 Å². The highest BCUT2D eigenvalue weighted by atomic mass is 16.1. The first-order valence-electron chi connectivity index (χ1n) is 6.13. The fourth-order valence-electron chi connectivity index (χ4n) is 2.12. The van der Waals surface area contributed by atoms with E-state index in [4.69, 9.17) is 5.73 Å². The highest BCUT2D eigenvalue weighted by Crippen LogP contribution is 2.30. The first-order chi connectivity index (χ1) is 8.33. The van der Waals surface area contributed by atoms with E-state index in [9.17, 15) is 4.79 Å². The molecule has 4 nitrogen and oxygen atoms in total. The van der Waals surface area contributed by atoms with Crippen molar-refractivity contribution in [3.8, 4) is 0 Å². The van der Waals surface area contributed by atoms with E-state index in [1.807, 2.05) is 24.3 Å². The summed E-state index contributed by atoms with van der Waals surface area (Å²) in [6.07, 6.45) is 1.91. The number of amides is 1. The van der Waals surface area contributed by atoms with Gasteiger partial charge >= 0.3 is 0 Å². The lowest BCUT2D eigenvalue weighted by molar-refractivity contribution is -0.122. The average molecular weight is 233 g/mol. The second-order valence-electron chi connectivity index (χ2n) is 4.31. The smallest absolute Gasteiger partial charge is 0.229 e. The zero-order chi connectivity index (χ0) is 12.1. The molecule has 92 valence electrons. The third-order valence-corrected chi connectivity index (χ3v) is 3.08. The summed E-state index contributed by atoms with van der Waals surface area (Å²) in [5.74, 6) is 0.0588. The van der Waals surface area contributed by atoms with E-state index in [1.165, 1.54) is 0 Å². The topological polar surface area (TPSA) is 67.1 Å². The van der Waals surface area contributed by atoms with Crippen LogP contribution in [0.15, 0.2) is 24.3 Å². The average Bonchev–Trinajstić information content (AvgIpc) is 2.78. The van der Waals surface area contributed by atoms with Crippen LogP contribution in [0.5, 0.6) is 0 Å². The number of fused-ring (bicyclic) bond motifs is 1. The summed E-state index contributed by atoms with van der Waals surface area (Å²) >= 11 is 0. The minimum absolute atomic E-state index is 0.0518. The van der Waals surface area contributed by atoms with Gasteiger partial charge in [0.25, 0.3) is 0 Å². The molecule has 0 fully saturated rings. The molecule has 0 radical (unpaired) electrons. The van der Waals surface area contributed by atoms with Gasteiger partial charge in [-0.1, -0.05) is 18.2 Å². The van der Waals surface area contributed by atoms with Crippen molar-refractivity contribution in [1.29, 1.82) is 0 Å². The highest BCUT2D eigenvalue weighted by molar-refractivity contribution is 5.88. The molecule has 1 unspecified atom stereocenters. The summed E-state index contributed by atoms with van der Waals surface area (Å²) in [6, 6.07) is 7.98. The van der Waals surface area contributed by atoms with Crippen LogP contribution in [0.2, 0.25) is 0 Å². The third-order valence-electron chi connectivity index (χ3n) is 3.08. The van der Waals surface area contributed by atoms with Crippen LogP contribution in [0.3, 0.4) is 0 Å². The summed E-state index contributed by atoms with van der Waals surface area (Å²) in [7, 11) is 0. The van der Waals surface area contributed by atoms with E-state index < -0.39 is 0 Å². The number of rotatable bonds is 5. The SMILES string of the molecule is NCCCCNC(=O)C1CNc2ccccc21. The van der Waals surface area contributed by atoms with Crippen molar-refractivity contribution in [1.82, 2.24) is 5.32 Å². The molecule has 4 N–H and O–H groups in total. The van der Waals surface area contributed by atoms with Gasteiger partial charge in [-0.3, -0.25) is 4.79 Å². The number of carbonyl (C=O) groups is 1. The first kappa shape index (κ1) is 11.9. The molecule has 1 atom stereocenters. The second-order valence-corrected chi connectivity index (χ2v) is 4.31. The number of hydrogen-bond donors (Lipinski definition) is 3. The van der Waals surface area contributed by atoms with Crippen LogP contribution in [0, 0.1) is 0 Å². The van der Waals surface area contributed by atoms with Crippen molar-refractivity contribution in [3.63, 3.8) is 0 Å². The molecule has 1 aromatic rings. The van der Waals surface area contributed by atoms with Crippen LogP contribution in [-0.4, -0.2) is 25.5 Å². The van der Waals surface area contributed by atoms with Gasteiger partial charge in [0.05, 0.1) is 5.92 Å². The van der Waals surface area contributed by atoms with Crippen LogP contribution in [0.4, 0.5) is 5.69 Å². The van der Waals surface area contributed by atoms with E-state index >= 15 is 0 Å². The van der Waals surface area contributed by atoms with E-state index in [0.717, 1.165) is 24.1 Å². The van der Waals surface area contributed by atoms with Crippen LogP contribution < -0.4 is 16.4 Å². The molecule has 1 heterocycles. The fourth-order valence-corrected chi connectivity index (χ4v) is 2.12. The number of unbranched alkanes of at least 4 members (excludes halogenated alkanes) is 1. The third kappa shape index (κ3) is 2.77. The Morgan fingerprint density at radius 2 is 2.24 bits per heavy atom. The Kier molecular flexibility index (Phi) is 3.98. The molecule has 1 aromatic carbocycles. The van der Waals surface area contributed by atoms with Crippen LogP contribution in [0.1, 0.15) is 24.3 Å². The van der Waals surface area contributed by atoms with Gasteiger partial charge in [-0.2, -0.15) is 0 Å². The second kappa shape index (κ2) is 5.68. The lowest BCUT2D eigenvalue weighted by atomic mass is 10.0. The number of benzene rings is 1. The largest absolute Gasteiger partial charge is 0.384 e. The maximum atomic E-state index is 12.0. The van der Waals surface area contributed by atoms with Crippen molar-refractivity contribution < 1.29 is 4.79 Å². The molecule has 1 amide bonds. The summed E-state index contributed by atoms with van der Waals surface area (Å²) in [6.45, 7) is 2.10. The summed E-state index contributed by atoms with van der Waals surface area (Å²) < 4.78 is 0. The normalized spacial score (nSPS) is 17.4. The maximum Gasteiger partial charge on any atom is 0.229 e. The highest BCUT2D eigenvalue weighted by Gasteiger charge is 2.27. The number of anilines is 1. The maximum absolute atomic E-state index is 12.0. The van der Waals surface area contributed by atoms with Gasteiger partial charge in [0.1, 0.15) is 0 Å². The Morgan fingerprint density at radius 1 is 1.41 bits per heavy atom. The van der Waals surface area contributed by atoms with Crippen molar-refractivity contribution >= 4 is 11.6 Å². The van der Waals surface area contributed by atoms with Gasteiger partial charge in [0.2, 0.25) is 5.91 Å². The quantitative estimate of drug-likeness (QED) is 0.666. The number of nitrogens with two attached hydrogens (primary N) is 1. The van der Waals surface area contributed by atoms with E-state index in [-0.39, 0.29) is 11.8 Å². The molecule has 0 bridgehead atoms. The minimum Gasteiger partial charge on any atom is -0.384 e. The zero-order valence-electron chi connectivity index (χ0n) is 9.91. The number of para-hydroxylation sites is 1. The van der Waals surface area contributed by atoms with Crippen molar-refractivity contribution in [2.24, 2.45) is 5.73 Å². The predicted octanol–water partition coefficient (Wildman–Crippen LogP) is 1.05. The first-order valence-corrected chi connectivity index (χ1v) is 6.13. The lowest BCUT2D eigenvalue weighted by Crippen LogP contribution is -2.31. The Bertz CT molecular complexity index is 392. The van der Waals surface area contributed by atoms with E-state index in [2.05, 4.69) is 10.6 Å². The van der Waals surface area contributed by atoms with Crippen LogP contribution >= 0.6 is 0 Å². The van der Waals surface area contributed by atoms with Crippen molar-refractivity contribution in [2.75, 3.05) is 25.0 Å². The minimum atomic E-state index is -0.0518. The number of hydrogen-bond acceptors (Lipinski definition) is 3.